The number of benzene rings is 1. The van der Waals surface area contributed by atoms with Gasteiger partial charge in [0.25, 0.3) is 5.91 Å². The highest BCUT2D eigenvalue weighted by Gasteiger charge is 2.24. The minimum absolute atomic E-state index is 0.0905. The van der Waals surface area contributed by atoms with Crippen LogP contribution < -0.4 is 21.5 Å². The molecule has 2 aromatic heterocycles. The Morgan fingerprint density at radius 1 is 1.15 bits per heavy atom. The van der Waals surface area contributed by atoms with Crippen molar-refractivity contribution >= 4 is 29.3 Å². The van der Waals surface area contributed by atoms with Crippen LogP contribution in [0.2, 0.25) is 0 Å². The van der Waals surface area contributed by atoms with Gasteiger partial charge < -0.3 is 31.2 Å². The van der Waals surface area contributed by atoms with Gasteiger partial charge in [-0.05, 0) is 68.1 Å². The number of rotatable bonds is 10. The largest absolute Gasteiger partial charge is 0.456 e. The van der Waals surface area contributed by atoms with Crippen LogP contribution in [0.5, 0.6) is 11.5 Å². The van der Waals surface area contributed by atoms with Gasteiger partial charge in [0, 0.05) is 57.3 Å². The van der Waals surface area contributed by atoms with Crippen molar-refractivity contribution in [2.45, 2.75) is 38.6 Å². The van der Waals surface area contributed by atoms with E-state index in [1.54, 1.807) is 49.7 Å². The van der Waals surface area contributed by atoms with Gasteiger partial charge in [-0.25, -0.2) is 9.97 Å². The van der Waals surface area contributed by atoms with E-state index >= 15 is 0 Å². The predicted octanol–water partition coefficient (Wildman–Crippen LogP) is 3.53. The Morgan fingerprint density at radius 3 is 2.67 bits per heavy atom. The molecule has 1 aliphatic rings. The van der Waals surface area contributed by atoms with Gasteiger partial charge in [0.05, 0.1) is 6.04 Å². The van der Waals surface area contributed by atoms with E-state index in [-0.39, 0.29) is 29.5 Å². The lowest BCUT2D eigenvalue weighted by Crippen LogP contribution is -2.42. The monoisotopic (exact) mass is 545 g/mol. The van der Waals surface area contributed by atoms with Crippen molar-refractivity contribution in [1.29, 1.82) is 0 Å². The zero-order chi connectivity index (χ0) is 28.5. The number of nitrogens with one attached hydrogen (secondary N) is 1. The highest BCUT2D eigenvalue weighted by Crippen LogP contribution is 2.29. The molecule has 11 heteroatoms. The lowest BCUT2D eigenvalue weighted by Gasteiger charge is -2.31. The normalized spacial score (nSPS) is 15.5. The van der Waals surface area contributed by atoms with E-state index < -0.39 is 0 Å². The van der Waals surface area contributed by atoms with E-state index in [4.69, 9.17) is 25.9 Å². The van der Waals surface area contributed by atoms with E-state index in [0.717, 1.165) is 18.4 Å². The molecule has 4 rings (SSSR count). The number of aromatic nitrogens is 2. The Hall–Kier alpha value is -4.51. The third-order valence-corrected chi connectivity index (χ3v) is 6.51. The molecule has 11 nitrogen and oxygen atoms in total. The highest BCUT2D eigenvalue weighted by molar-refractivity contribution is 6.04. The summed E-state index contributed by atoms with van der Waals surface area (Å²) < 4.78 is 11.1. The average Bonchev–Trinajstić information content (AvgIpc) is 2.93. The lowest BCUT2D eigenvalue weighted by atomic mass is 10.1. The SMILES string of the molecule is COCCCC(=O)N1CCCC(N=C(N)c2c(Oc3ccc(C(=O)Nc4cc(C)ccn4)cc3)ccnc2N)C1. The number of carbonyl (C=O) groups excluding carboxylic acids is 2. The molecule has 210 valence electrons. The maximum absolute atomic E-state index is 12.6. The van der Waals surface area contributed by atoms with Crippen LogP contribution in [0.3, 0.4) is 0 Å². The van der Waals surface area contributed by atoms with Gasteiger partial charge in [-0.2, -0.15) is 0 Å². The Morgan fingerprint density at radius 2 is 1.93 bits per heavy atom. The summed E-state index contributed by atoms with van der Waals surface area (Å²) in [5.74, 6) is 1.54. The molecule has 0 aliphatic carbocycles. The number of nitrogens with two attached hydrogens (primary N) is 2. The standard InChI is InChI=1S/C29H35N7O4/c1-19-11-13-32-24(17-19)35-29(38)20-7-9-22(10-8-20)40-23-12-14-33-27(30)26(23)28(31)34-21-5-3-15-36(18-21)25(37)6-4-16-39-2/h7-14,17,21H,3-6,15-16,18H2,1-2H3,(H2,30,33)(H2,31,34)(H,32,35,38). The van der Waals surface area contributed by atoms with Gasteiger partial charge in [0.2, 0.25) is 5.91 Å². The first kappa shape index (κ1) is 28.5. The van der Waals surface area contributed by atoms with Gasteiger partial charge >= 0.3 is 0 Å². The van der Waals surface area contributed by atoms with Gasteiger partial charge in [0.1, 0.15) is 34.5 Å². The van der Waals surface area contributed by atoms with Crippen LogP contribution in [-0.4, -0.2) is 65.4 Å². The van der Waals surface area contributed by atoms with Crippen LogP contribution in [0.1, 0.15) is 47.2 Å². The number of amidine groups is 1. The second-order valence-corrected chi connectivity index (χ2v) is 9.61. The quantitative estimate of drug-likeness (QED) is 0.198. The van der Waals surface area contributed by atoms with Gasteiger partial charge in [-0.3, -0.25) is 14.6 Å². The molecule has 0 saturated carbocycles. The number of carbonyl (C=O) groups is 2. The second-order valence-electron chi connectivity index (χ2n) is 9.61. The fraction of sp³-hybridized carbons (Fsp3) is 0.345. The minimum atomic E-state index is -0.284. The van der Waals surface area contributed by atoms with Crippen molar-refractivity contribution in [3.05, 3.63) is 71.5 Å². The number of hydrogen-bond donors (Lipinski definition) is 3. The van der Waals surface area contributed by atoms with Crippen molar-refractivity contribution in [3.8, 4) is 11.5 Å². The molecule has 5 N–H and O–H groups in total. The zero-order valence-corrected chi connectivity index (χ0v) is 22.8. The molecule has 1 saturated heterocycles. The Bertz CT molecular complexity index is 1360. The molecule has 40 heavy (non-hydrogen) atoms. The van der Waals surface area contributed by atoms with Gasteiger partial charge in [-0.1, -0.05) is 0 Å². The second kappa shape index (κ2) is 13.5. The lowest BCUT2D eigenvalue weighted by molar-refractivity contribution is -0.132. The summed E-state index contributed by atoms with van der Waals surface area (Å²) in [4.78, 5) is 40.0. The number of amides is 2. The van der Waals surface area contributed by atoms with Crippen molar-refractivity contribution in [2.75, 3.05) is 37.9 Å². The summed E-state index contributed by atoms with van der Waals surface area (Å²) in [5, 5.41) is 2.78. The summed E-state index contributed by atoms with van der Waals surface area (Å²) in [6, 6.07) is 11.8. The van der Waals surface area contributed by atoms with Crippen molar-refractivity contribution in [1.82, 2.24) is 14.9 Å². The van der Waals surface area contributed by atoms with E-state index in [9.17, 15) is 9.59 Å². The predicted molar refractivity (Wildman–Crippen MR) is 154 cm³/mol. The maximum Gasteiger partial charge on any atom is 0.256 e. The van der Waals surface area contributed by atoms with Gasteiger partial charge in [-0.15, -0.1) is 0 Å². The summed E-state index contributed by atoms with van der Waals surface area (Å²) >= 11 is 0. The number of likely N-dealkylation sites (tertiary alicyclic amines) is 1. The van der Waals surface area contributed by atoms with Crippen molar-refractivity contribution in [3.63, 3.8) is 0 Å². The number of aliphatic imine (C=N–C) groups is 1. The number of ether oxygens (including phenoxy) is 2. The minimum Gasteiger partial charge on any atom is -0.456 e. The maximum atomic E-state index is 12.6. The molecular weight excluding hydrogens is 510 g/mol. The number of nitrogens with zero attached hydrogens (tertiary/aromatic N) is 4. The first-order chi connectivity index (χ1) is 19.3. The third-order valence-electron chi connectivity index (χ3n) is 6.51. The third kappa shape index (κ3) is 7.54. The topological polar surface area (TPSA) is 158 Å². The number of anilines is 2. The fourth-order valence-corrected chi connectivity index (χ4v) is 4.47. The van der Waals surface area contributed by atoms with E-state index in [1.165, 1.54) is 6.20 Å². The molecule has 0 bridgehead atoms. The van der Waals surface area contributed by atoms with Crippen molar-refractivity contribution in [2.24, 2.45) is 10.7 Å². The number of pyridine rings is 2. The van der Waals surface area contributed by atoms with Crippen LogP contribution >= 0.6 is 0 Å². The summed E-state index contributed by atoms with van der Waals surface area (Å²) in [5.41, 5.74) is 14.4. The number of methoxy groups -OCH3 is 1. The Kier molecular flexibility index (Phi) is 9.63. The molecule has 1 aliphatic heterocycles. The number of piperidine rings is 1. The van der Waals surface area contributed by atoms with E-state index in [0.29, 0.717) is 61.0 Å². The molecule has 1 fully saturated rings. The van der Waals surface area contributed by atoms with Crippen LogP contribution in [-0.2, 0) is 9.53 Å². The highest BCUT2D eigenvalue weighted by atomic mass is 16.5. The summed E-state index contributed by atoms with van der Waals surface area (Å²) in [6.45, 7) is 3.68. The zero-order valence-electron chi connectivity index (χ0n) is 22.8. The van der Waals surface area contributed by atoms with Gasteiger partial charge in [0.15, 0.2) is 0 Å². The molecule has 1 atom stereocenters. The average molecular weight is 546 g/mol. The van der Waals surface area contributed by atoms with Crippen molar-refractivity contribution < 1.29 is 19.1 Å². The van der Waals surface area contributed by atoms with Crippen LogP contribution in [0.4, 0.5) is 11.6 Å². The summed E-state index contributed by atoms with van der Waals surface area (Å²) in [6.07, 6.45) is 5.94. The molecule has 2 amide bonds. The number of nitrogen functional groups attached to an aromatic ring is 1. The number of aryl methyl sites for hydroxylation is 1. The van der Waals surface area contributed by atoms with E-state index in [2.05, 4.69) is 15.3 Å². The molecular formula is C29H35N7O4. The fourth-order valence-electron chi connectivity index (χ4n) is 4.47. The van der Waals surface area contributed by atoms with Crippen LogP contribution in [0.25, 0.3) is 0 Å². The smallest absolute Gasteiger partial charge is 0.256 e. The van der Waals surface area contributed by atoms with Crippen LogP contribution in [0, 0.1) is 6.92 Å². The molecule has 1 unspecified atom stereocenters. The molecule has 3 heterocycles. The molecule has 1 aromatic carbocycles. The Labute approximate surface area is 233 Å². The van der Waals surface area contributed by atoms with E-state index in [1.807, 2.05) is 17.9 Å². The first-order valence-corrected chi connectivity index (χ1v) is 13.2. The van der Waals surface area contributed by atoms with Crippen LogP contribution in [0.15, 0.2) is 59.9 Å². The molecule has 0 radical (unpaired) electrons. The number of hydrogen-bond acceptors (Lipinski definition) is 8. The molecule has 0 spiro atoms. The summed E-state index contributed by atoms with van der Waals surface area (Å²) in [7, 11) is 1.63. The molecule has 3 aromatic rings. The Balaban J connectivity index is 1.44. The first-order valence-electron chi connectivity index (χ1n) is 13.2.